The summed E-state index contributed by atoms with van der Waals surface area (Å²) in [4.78, 5) is 15.2. The summed E-state index contributed by atoms with van der Waals surface area (Å²) >= 11 is 0. The third-order valence-electron chi connectivity index (χ3n) is 2.56. The number of methoxy groups -OCH3 is 1. The lowest BCUT2D eigenvalue weighted by atomic mass is 10.2. The highest BCUT2D eigenvalue weighted by molar-refractivity contribution is 5.89. The van der Waals surface area contributed by atoms with Crippen LogP contribution < -0.4 is 5.32 Å². The van der Waals surface area contributed by atoms with Gasteiger partial charge in [-0.25, -0.2) is 9.78 Å². The molecule has 0 saturated carbocycles. The maximum Gasteiger partial charge on any atom is 0.337 e. The number of nitrogens with one attached hydrogen (secondary N) is 1. The smallest absolute Gasteiger partial charge is 0.337 e. The van der Waals surface area contributed by atoms with Gasteiger partial charge in [0.2, 0.25) is 0 Å². The van der Waals surface area contributed by atoms with Crippen molar-refractivity contribution in [3.05, 3.63) is 48.5 Å². The number of nitrogens with zero attached hydrogens (tertiary/aromatic N) is 2. The molecule has 0 aliphatic rings. The number of rotatable bonds is 5. The van der Waals surface area contributed by atoms with Gasteiger partial charge in [-0.1, -0.05) is 0 Å². The third kappa shape index (κ3) is 3.10. The first-order valence-electron chi connectivity index (χ1n) is 5.67. The fourth-order valence-electron chi connectivity index (χ4n) is 1.59. The molecule has 0 saturated heterocycles. The number of hydrogen-bond acceptors (Lipinski definition) is 4. The van der Waals surface area contributed by atoms with Crippen molar-refractivity contribution in [3.63, 3.8) is 0 Å². The highest BCUT2D eigenvalue weighted by atomic mass is 16.5. The van der Waals surface area contributed by atoms with Crippen molar-refractivity contribution >= 4 is 11.7 Å². The molecule has 18 heavy (non-hydrogen) atoms. The SMILES string of the molecule is COC(=O)c1ccc(NCCn2ccnc2)cc1. The molecule has 0 aliphatic carbocycles. The molecule has 1 N–H and O–H groups in total. The van der Waals surface area contributed by atoms with E-state index in [-0.39, 0.29) is 5.97 Å². The van der Waals surface area contributed by atoms with E-state index < -0.39 is 0 Å². The van der Waals surface area contributed by atoms with E-state index in [9.17, 15) is 4.79 Å². The number of aromatic nitrogens is 2. The van der Waals surface area contributed by atoms with Crippen LogP contribution in [0.3, 0.4) is 0 Å². The summed E-state index contributed by atoms with van der Waals surface area (Å²) in [6, 6.07) is 7.21. The van der Waals surface area contributed by atoms with Gasteiger partial charge in [0.25, 0.3) is 0 Å². The van der Waals surface area contributed by atoms with Gasteiger partial charge in [-0.05, 0) is 24.3 Å². The average Bonchev–Trinajstić information content (AvgIpc) is 2.92. The van der Waals surface area contributed by atoms with E-state index in [1.165, 1.54) is 7.11 Å². The number of imidazole rings is 1. The van der Waals surface area contributed by atoms with E-state index in [2.05, 4.69) is 15.0 Å². The number of carbonyl (C=O) groups excluding carboxylic acids is 1. The van der Waals surface area contributed by atoms with Crippen molar-refractivity contribution in [1.82, 2.24) is 9.55 Å². The second-order valence-electron chi connectivity index (χ2n) is 3.80. The number of esters is 1. The lowest BCUT2D eigenvalue weighted by molar-refractivity contribution is 0.0601. The molecule has 1 aromatic heterocycles. The molecule has 1 heterocycles. The monoisotopic (exact) mass is 245 g/mol. The first-order valence-corrected chi connectivity index (χ1v) is 5.67. The van der Waals surface area contributed by atoms with Gasteiger partial charge in [0.15, 0.2) is 0 Å². The van der Waals surface area contributed by atoms with Crippen LogP contribution in [0.25, 0.3) is 0 Å². The number of carbonyl (C=O) groups is 1. The topological polar surface area (TPSA) is 56.1 Å². The standard InChI is InChI=1S/C13H15N3O2/c1-18-13(17)11-2-4-12(5-3-11)15-7-9-16-8-6-14-10-16/h2-6,8,10,15H,7,9H2,1H3. The molecular formula is C13H15N3O2. The molecule has 0 fully saturated rings. The summed E-state index contributed by atoms with van der Waals surface area (Å²) in [5.74, 6) is -0.319. The summed E-state index contributed by atoms with van der Waals surface area (Å²) in [5, 5.41) is 3.27. The van der Waals surface area contributed by atoms with Crippen molar-refractivity contribution in [2.75, 3.05) is 19.0 Å². The Hall–Kier alpha value is -2.30. The minimum atomic E-state index is -0.319. The molecule has 2 rings (SSSR count). The summed E-state index contributed by atoms with van der Waals surface area (Å²) < 4.78 is 6.63. The van der Waals surface area contributed by atoms with E-state index >= 15 is 0 Å². The maximum atomic E-state index is 11.2. The Morgan fingerprint density at radius 1 is 1.39 bits per heavy atom. The Bertz CT molecular complexity index is 491. The molecule has 2 aromatic rings. The average molecular weight is 245 g/mol. The van der Waals surface area contributed by atoms with Crippen LogP contribution in [0, 0.1) is 0 Å². The van der Waals surface area contributed by atoms with Crippen LogP contribution >= 0.6 is 0 Å². The minimum absolute atomic E-state index is 0.319. The molecule has 0 aliphatic heterocycles. The van der Waals surface area contributed by atoms with Gasteiger partial charge in [0, 0.05) is 31.2 Å². The zero-order valence-electron chi connectivity index (χ0n) is 10.2. The molecule has 0 spiro atoms. The third-order valence-corrected chi connectivity index (χ3v) is 2.56. The van der Waals surface area contributed by atoms with Gasteiger partial charge in [0.05, 0.1) is 19.0 Å². The molecule has 5 nitrogen and oxygen atoms in total. The van der Waals surface area contributed by atoms with Gasteiger partial charge in [-0.3, -0.25) is 0 Å². The highest BCUT2D eigenvalue weighted by Gasteiger charge is 2.03. The molecule has 0 radical (unpaired) electrons. The maximum absolute atomic E-state index is 11.2. The zero-order chi connectivity index (χ0) is 12.8. The predicted molar refractivity (Wildman–Crippen MR) is 68.5 cm³/mol. The van der Waals surface area contributed by atoms with Crippen LogP contribution in [0.15, 0.2) is 43.0 Å². The quantitative estimate of drug-likeness (QED) is 0.816. The molecule has 0 atom stereocenters. The first-order chi connectivity index (χ1) is 8.79. The summed E-state index contributed by atoms with van der Waals surface area (Å²) in [6.45, 7) is 1.65. The largest absolute Gasteiger partial charge is 0.465 e. The van der Waals surface area contributed by atoms with Crippen LogP contribution in [-0.4, -0.2) is 29.2 Å². The van der Waals surface area contributed by atoms with E-state index in [1.54, 1.807) is 24.7 Å². The van der Waals surface area contributed by atoms with Crippen molar-refractivity contribution in [1.29, 1.82) is 0 Å². The van der Waals surface area contributed by atoms with E-state index in [0.29, 0.717) is 5.56 Å². The minimum Gasteiger partial charge on any atom is -0.465 e. The summed E-state index contributed by atoms with van der Waals surface area (Å²) in [5.41, 5.74) is 1.53. The molecule has 1 aromatic carbocycles. The number of hydrogen-bond donors (Lipinski definition) is 1. The highest BCUT2D eigenvalue weighted by Crippen LogP contribution is 2.10. The predicted octanol–water partition coefficient (Wildman–Crippen LogP) is 1.78. The molecule has 0 bridgehead atoms. The molecule has 0 amide bonds. The summed E-state index contributed by atoms with van der Waals surface area (Å²) in [6.07, 6.45) is 5.45. The van der Waals surface area contributed by atoms with Gasteiger partial charge < -0.3 is 14.6 Å². The fraction of sp³-hybridized carbons (Fsp3) is 0.231. The van der Waals surface area contributed by atoms with E-state index in [1.807, 2.05) is 22.9 Å². The lowest BCUT2D eigenvalue weighted by Gasteiger charge is -2.07. The van der Waals surface area contributed by atoms with Crippen LogP contribution in [0.4, 0.5) is 5.69 Å². The van der Waals surface area contributed by atoms with Crippen molar-refractivity contribution < 1.29 is 9.53 Å². The Kier molecular flexibility index (Phi) is 3.96. The zero-order valence-corrected chi connectivity index (χ0v) is 10.2. The normalized spacial score (nSPS) is 10.1. The molecule has 94 valence electrons. The van der Waals surface area contributed by atoms with Gasteiger partial charge in [0.1, 0.15) is 0 Å². The van der Waals surface area contributed by atoms with Gasteiger partial charge in [-0.2, -0.15) is 0 Å². The first kappa shape index (κ1) is 12.2. The Labute approximate surface area is 105 Å². The Morgan fingerprint density at radius 3 is 2.78 bits per heavy atom. The van der Waals surface area contributed by atoms with E-state index in [0.717, 1.165) is 18.8 Å². The molecule has 5 heteroatoms. The van der Waals surface area contributed by atoms with Crippen LogP contribution in [-0.2, 0) is 11.3 Å². The van der Waals surface area contributed by atoms with Gasteiger partial charge >= 0.3 is 5.97 Å². The van der Waals surface area contributed by atoms with Crippen LogP contribution in [0.1, 0.15) is 10.4 Å². The van der Waals surface area contributed by atoms with Crippen LogP contribution in [0.5, 0.6) is 0 Å². The lowest BCUT2D eigenvalue weighted by Crippen LogP contribution is -2.09. The molecule has 0 unspecified atom stereocenters. The number of anilines is 1. The number of ether oxygens (including phenoxy) is 1. The van der Waals surface area contributed by atoms with Gasteiger partial charge in [-0.15, -0.1) is 0 Å². The second-order valence-corrected chi connectivity index (χ2v) is 3.80. The Morgan fingerprint density at radius 2 is 2.17 bits per heavy atom. The molecular weight excluding hydrogens is 230 g/mol. The van der Waals surface area contributed by atoms with E-state index in [4.69, 9.17) is 0 Å². The second kappa shape index (κ2) is 5.86. The fourth-order valence-corrected chi connectivity index (χ4v) is 1.59. The number of benzene rings is 1. The van der Waals surface area contributed by atoms with Crippen molar-refractivity contribution in [3.8, 4) is 0 Å². The van der Waals surface area contributed by atoms with Crippen molar-refractivity contribution in [2.45, 2.75) is 6.54 Å². The Balaban J connectivity index is 1.85. The van der Waals surface area contributed by atoms with Crippen LogP contribution in [0.2, 0.25) is 0 Å². The van der Waals surface area contributed by atoms with Crippen molar-refractivity contribution in [2.24, 2.45) is 0 Å². The summed E-state index contributed by atoms with van der Waals surface area (Å²) in [7, 11) is 1.37.